The molecule has 0 spiro atoms. The number of hydrogen-bond acceptors (Lipinski definition) is 5. The Morgan fingerprint density at radius 1 is 1.45 bits per heavy atom. The predicted octanol–water partition coefficient (Wildman–Crippen LogP) is 0.799. The van der Waals surface area contributed by atoms with Crippen molar-refractivity contribution in [2.75, 3.05) is 12.0 Å². The zero-order valence-electron chi connectivity index (χ0n) is 12.2. The van der Waals surface area contributed by atoms with Crippen LogP contribution >= 0.6 is 0 Å². The predicted molar refractivity (Wildman–Crippen MR) is 79.3 cm³/mol. The number of pyridine rings is 1. The maximum absolute atomic E-state index is 11.2. The van der Waals surface area contributed by atoms with Crippen LogP contribution in [0.25, 0.3) is 11.0 Å². The molecule has 0 saturated heterocycles. The third-order valence-electron chi connectivity index (χ3n) is 3.13. The van der Waals surface area contributed by atoms with Crippen molar-refractivity contribution < 1.29 is 8.42 Å². The maximum Gasteiger partial charge on any atom is 0.157 e. The second-order valence-electron chi connectivity index (χ2n) is 5.30. The number of sulfone groups is 1. The average molecular weight is 296 g/mol. The van der Waals surface area contributed by atoms with Gasteiger partial charge in [0.1, 0.15) is 9.84 Å². The van der Waals surface area contributed by atoms with Crippen LogP contribution < -0.4 is 5.32 Å². The molecule has 1 N–H and O–H groups in total. The fraction of sp³-hybridized carbons (Fsp3) is 0.538. The summed E-state index contributed by atoms with van der Waals surface area (Å²) < 4.78 is 24.2. The Morgan fingerprint density at radius 2 is 2.15 bits per heavy atom. The van der Waals surface area contributed by atoms with Gasteiger partial charge in [-0.3, -0.25) is 4.68 Å². The SMILES string of the molecule is Cc1nn(C)c2ncc(CNC(C)CS(C)(=O)=O)cc12. The minimum absolute atomic E-state index is 0.0873. The average Bonchev–Trinajstić information content (AvgIpc) is 2.60. The fourth-order valence-corrected chi connectivity index (χ4v) is 3.28. The Labute approximate surface area is 119 Å². The zero-order valence-corrected chi connectivity index (χ0v) is 13.0. The molecule has 2 rings (SSSR count). The van der Waals surface area contributed by atoms with E-state index >= 15 is 0 Å². The minimum atomic E-state index is -2.96. The van der Waals surface area contributed by atoms with Crippen LogP contribution in [0.5, 0.6) is 0 Å². The van der Waals surface area contributed by atoms with Gasteiger partial charge in [0.05, 0.1) is 11.4 Å². The molecular formula is C13H20N4O2S. The van der Waals surface area contributed by atoms with E-state index in [0.717, 1.165) is 22.3 Å². The summed E-state index contributed by atoms with van der Waals surface area (Å²) in [5.41, 5.74) is 2.82. The van der Waals surface area contributed by atoms with E-state index in [-0.39, 0.29) is 11.8 Å². The molecule has 0 saturated carbocycles. The van der Waals surface area contributed by atoms with Crippen LogP contribution in [-0.2, 0) is 23.4 Å². The summed E-state index contributed by atoms with van der Waals surface area (Å²) in [6.07, 6.45) is 3.04. The Kier molecular flexibility index (Phi) is 4.10. The molecule has 0 radical (unpaired) electrons. The first-order valence-electron chi connectivity index (χ1n) is 6.45. The van der Waals surface area contributed by atoms with Gasteiger partial charge >= 0.3 is 0 Å². The smallest absolute Gasteiger partial charge is 0.157 e. The molecule has 2 aromatic heterocycles. The second kappa shape index (κ2) is 5.49. The molecule has 6 nitrogen and oxygen atoms in total. The summed E-state index contributed by atoms with van der Waals surface area (Å²) in [7, 11) is -1.09. The van der Waals surface area contributed by atoms with Crippen LogP contribution in [0.1, 0.15) is 18.2 Å². The van der Waals surface area contributed by atoms with Crippen molar-refractivity contribution in [3.05, 3.63) is 23.5 Å². The zero-order chi connectivity index (χ0) is 14.9. The molecule has 0 bridgehead atoms. The first-order chi connectivity index (χ1) is 9.26. The molecule has 0 aromatic carbocycles. The van der Waals surface area contributed by atoms with Crippen molar-refractivity contribution in [1.82, 2.24) is 20.1 Å². The van der Waals surface area contributed by atoms with Crippen LogP contribution in [0.15, 0.2) is 12.3 Å². The highest BCUT2D eigenvalue weighted by atomic mass is 32.2. The molecule has 0 amide bonds. The Morgan fingerprint density at radius 3 is 2.80 bits per heavy atom. The van der Waals surface area contributed by atoms with Crippen molar-refractivity contribution >= 4 is 20.9 Å². The molecule has 0 aliphatic heterocycles. The standard InChI is InChI=1S/C13H20N4O2S/c1-9(8-20(4,18)19)14-6-11-5-12-10(2)16-17(3)13(12)15-7-11/h5,7,9,14H,6,8H2,1-4H3. The molecule has 0 aliphatic rings. The summed E-state index contributed by atoms with van der Waals surface area (Å²) in [6.45, 7) is 4.41. The number of aromatic nitrogens is 3. The number of nitrogens with one attached hydrogen (secondary N) is 1. The number of hydrogen-bond donors (Lipinski definition) is 1. The monoisotopic (exact) mass is 296 g/mol. The summed E-state index contributed by atoms with van der Waals surface area (Å²) >= 11 is 0. The minimum Gasteiger partial charge on any atom is -0.309 e. The van der Waals surface area contributed by atoms with E-state index < -0.39 is 9.84 Å². The lowest BCUT2D eigenvalue weighted by Crippen LogP contribution is -2.32. The van der Waals surface area contributed by atoms with Gasteiger partial charge in [-0.2, -0.15) is 5.10 Å². The van der Waals surface area contributed by atoms with Gasteiger partial charge in [-0.1, -0.05) is 0 Å². The van der Waals surface area contributed by atoms with Crippen LogP contribution in [0, 0.1) is 6.92 Å². The molecule has 0 fully saturated rings. The number of fused-ring (bicyclic) bond motifs is 1. The molecule has 2 aromatic rings. The third kappa shape index (κ3) is 3.55. The topological polar surface area (TPSA) is 76.9 Å². The molecule has 2 heterocycles. The van der Waals surface area contributed by atoms with Gasteiger partial charge in [0.25, 0.3) is 0 Å². The first-order valence-corrected chi connectivity index (χ1v) is 8.51. The van der Waals surface area contributed by atoms with E-state index in [1.54, 1.807) is 10.9 Å². The summed E-state index contributed by atoms with van der Waals surface area (Å²) in [4.78, 5) is 4.40. The summed E-state index contributed by atoms with van der Waals surface area (Å²) in [5.74, 6) is 0.134. The Balaban J connectivity index is 2.09. The molecule has 110 valence electrons. The van der Waals surface area contributed by atoms with E-state index in [4.69, 9.17) is 0 Å². The number of aryl methyl sites for hydroxylation is 2. The largest absolute Gasteiger partial charge is 0.309 e. The second-order valence-corrected chi connectivity index (χ2v) is 7.48. The highest BCUT2D eigenvalue weighted by molar-refractivity contribution is 7.90. The molecule has 1 unspecified atom stereocenters. The first kappa shape index (κ1) is 14.9. The molecule has 7 heteroatoms. The Hall–Kier alpha value is -1.47. The van der Waals surface area contributed by atoms with E-state index in [1.807, 2.05) is 27.0 Å². The van der Waals surface area contributed by atoms with Crippen molar-refractivity contribution in [2.45, 2.75) is 26.4 Å². The van der Waals surface area contributed by atoms with Gasteiger partial charge in [0.2, 0.25) is 0 Å². The van der Waals surface area contributed by atoms with E-state index in [9.17, 15) is 8.42 Å². The van der Waals surface area contributed by atoms with Crippen LogP contribution in [-0.4, -0.2) is 41.2 Å². The van der Waals surface area contributed by atoms with E-state index in [2.05, 4.69) is 15.4 Å². The van der Waals surface area contributed by atoms with Gasteiger partial charge in [0, 0.05) is 37.5 Å². The van der Waals surface area contributed by atoms with Crippen molar-refractivity contribution in [2.24, 2.45) is 7.05 Å². The van der Waals surface area contributed by atoms with E-state index in [0.29, 0.717) is 6.54 Å². The molecule has 0 aliphatic carbocycles. The normalized spacial score (nSPS) is 13.8. The van der Waals surface area contributed by atoms with Gasteiger partial charge in [0.15, 0.2) is 5.65 Å². The summed E-state index contributed by atoms with van der Waals surface area (Å²) in [5, 5.41) is 8.56. The van der Waals surface area contributed by atoms with E-state index in [1.165, 1.54) is 6.26 Å². The van der Waals surface area contributed by atoms with Crippen molar-refractivity contribution in [3.8, 4) is 0 Å². The molecule has 20 heavy (non-hydrogen) atoms. The van der Waals surface area contributed by atoms with Gasteiger partial charge < -0.3 is 5.32 Å². The fourth-order valence-electron chi connectivity index (χ4n) is 2.25. The van der Waals surface area contributed by atoms with Crippen LogP contribution in [0.3, 0.4) is 0 Å². The van der Waals surface area contributed by atoms with Gasteiger partial charge in [-0.25, -0.2) is 13.4 Å². The van der Waals surface area contributed by atoms with Crippen molar-refractivity contribution in [1.29, 1.82) is 0 Å². The molecular weight excluding hydrogens is 276 g/mol. The number of nitrogens with zero attached hydrogens (tertiary/aromatic N) is 3. The van der Waals surface area contributed by atoms with Crippen LogP contribution in [0.4, 0.5) is 0 Å². The quantitative estimate of drug-likeness (QED) is 0.883. The lowest BCUT2D eigenvalue weighted by molar-refractivity contribution is 0.560. The number of rotatable bonds is 5. The lowest BCUT2D eigenvalue weighted by Gasteiger charge is -2.12. The maximum atomic E-state index is 11.2. The molecule has 1 atom stereocenters. The van der Waals surface area contributed by atoms with Gasteiger partial charge in [-0.05, 0) is 25.5 Å². The summed E-state index contributed by atoms with van der Waals surface area (Å²) in [6, 6.07) is 1.96. The van der Waals surface area contributed by atoms with Crippen LogP contribution in [0.2, 0.25) is 0 Å². The van der Waals surface area contributed by atoms with Gasteiger partial charge in [-0.15, -0.1) is 0 Å². The lowest BCUT2D eigenvalue weighted by atomic mass is 10.2. The highest BCUT2D eigenvalue weighted by Crippen LogP contribution is 2.16. The third-order valence-corrected chi connectivity index (χ3v) is 4.23. The highest BCUT2D eigenvalue weighted by Gasteiger charge is 2.11. The van der Waals surface area contributed by atoms with Crippen molar-refractivity contribution in [3.63, 3.8) is 0 Å². The Bertz CT molecular complexity index is 721.